The molecule has 0 aromatic heterocycles. The third-order valence-electron chi connectivity index (χ3n) is 11.1. The zero-order chi connectivity index (χ0) is 23.6. The molecule has 0 bridgehead atoms. The number of benzene rings is 1. The van der Waals surface area contributed by atoms with Gasteiger partial charge in [0, 0.05) is 11.3 Å². The van der Waals surface area contributed by atoms with Gasteiger partial charge in [0.15, 0.2) is 4.90 Å². The molecule has 0 aliphatic heterocycles. The van der Waals surface area contributed by atoms with Crippen LogP contribution in [0.5, 0.6) is 0 Å². The molecule has 0 radical (unpaired) electrons. The van der Waals surface area contributed by atoms with Crippen molar-refractivity contribution in [2.75, 3.05) is 5.75 Å². The molecule has 1 aromatic rings. The largest absolute Gasteiger partial charge is 0.611 e. The summed E-state index contributed by atoms with van der Waals surface area (Å²) in [6.45, 7) is 12.0. The van der Waals surface area contributed by atoms with Gasteiger partial charge in [-0.15, -0.1) is 0 Å². The molecule has 33 heavy (non-hydrogen) atoms. The minimum absolute atomic E-state index is 0.0903. The average Bonchev–Trinajstić information content (AvgIpc) is 3.14. The van der Waals surface area contributed by atoms with E-state index in [1.165, 1.54) is 32.1 Å². The van der Waals surface area contributed by atoms with Crippen LogP contribution in [0.25, 0.3) is 0 Å². The predicted octanol–water partition coefficient (Wildman–Crippen LogP) is 7.01. The lowest BCUT2D eigenvalue weighted by Crippen LogP contribution is -2.54. The van der Waals surface area contributed by atoms with Crippen molar-refractivity contribution in [3.05, 3.63) is 42.0 Å². The molecule has 4 aliphatic rings. The second kappa shape index (κ2) is 8.42. The van der Waals surface area contributed by atoms with Crippen molar-refractivity contribution in [3.8, 4) is 0 Å². The first-order valence-corrected chi connectivity index (χ1v) is 14.7. The summed E-state index contributed by atoms with van der Waals surface area (Å²) in [4.78, 5) is 0.979. The van der Waals surface area contributed by atoms with E-state index in [0.717, 1.165) is 41.2 Å². The van der Waals surface area contributed by atoms with Crippen LogP contribution >= 0.6 is 0 Å². The maximum absolute atomic E-state index is 13.1. The maximum atomic E-state index is 13.1. The molecule has 3 heteroatoms. The monoisotopic (exact) mass is 468 g/mol. The zero-order valence-electron chi connectivity index (χ0n) is 21.3. The summed E-state index contributed by atoms with van der Waals surface area (Å²) in [6, 6.07) is 10.0. The van der Waals surface area contributed by atoms with Gasteiger partial charge in [0.25, 0.3) is 0 Å². The van der Waals surface area contributed by atoms with Gasteiger partial charge in [-0.2, -0.15) is 0 Å². The lowest BCUT2D eigenvalue weighted by Gasteiger charge is -2.61. The highest BCUT2D eigenvalue weighted by atomic mass is 32.2. The van der Waals surface area contributed by atoms with E-state index >= 15 is 0 Å². The van der Waals surface area contributed by atoms with Gasteiger partial charge in [-0.3, -0.25) is 0 Å². The first-order valence-electron chi connectivity index (χ1n) is 13.4. The average molecular weight is 469 g/mol. The number of fused-ring (bicyclic) bond motifs is 5. The number of hydrogen-bond acceptors (Lipinski definition) is 2. The summed E-state index contributed by atoms with van der Waals surface area (Å²) in [5, 5.41) is 10.8. The Hall–Kier alpha value is -0.770. The lowest BCUT2D eigenvalue weighted by atomic mass is 9.44. The number of aliphatic hydroxyl groups excluding tert-OH is 1. The molecule has 1 unspecified atom stereocenters. The Bertz CT molecular complexity index is 894. The smallest absolute Gasteiger partial charge is 0.152 e. The second-order valence-electron chi connectivity index (χ2n) is 13.0. The fraction of sp³-hybridized carbons (Fsp3) is 0.733. The summed E-state index contributed by atoms with van der Waals surface area (Å²) >= 11 is -0.906. The highest BCUT2D eigenvalue weighted by Gasteiger charge is 2.61. The SMILES string of the molecule is C[C@H](C[S+]([O-])c1ccccc1)[C@H]1CC[C@H]2[C@@H]3CC=C4C(C)(C)[C@@H](O)CC[C@]4(C)[C@H]3CC[C@]12C. The fourth-order valence-corrected chi connectivity index (χ4v) is 10.8. The Morgan fingerprint density at radius 3 is 2.45 bits per heavy atom. The van der Waals surface area contributed by atoms with Gasteiger partial charge < -0.3 is 9.66 Å². The molecule has 0 spiro atoms. The van der Waals surface area contributed by atoms with Crippen LogP contribution in [0, 0.1) is 45.8 Å². The van der Waals surface area contributed by atoms with E-state index < -0.39 is 11.2 Å². The summed E-state index contributed by atoms with van der Waals surface area (Å²) < 4.78 is 13.1. The van der Waals surface area contributed by atoms with E-state index in [9.17, 15) is 9.66 Å². The first kappa shape index (κ1) is 23.9. The van der Waals surface area contributed by atoms with Crippen LogP contribution in [0.4, 0.5) is 0 Å². The van der Waals surface area contributed by atoms with Gasteiger partial charge >= 0.3 is 0 Å². The Balaban J connectivity index is 1.36. The van der Waals surface area contributed by atoms with Crippen molar-refractivity contribution >= 4 is 11.2 Å². The van der Waals surface area contributed by atoms with Crippen LogP contribution in [0.3, 0.4) is 0 Å². The summed E-state index contributed by atoms with van der Waals surface area (Å²) in [6.07, 6.45) is 10.9. The quantitative estimate of drug-likeness (QED) is 0.382. The standard InChI is InChI=1S/C30H44O2S/c1-20(19-33(32)21-9-7-6-8-10-21)23-12-13-24-22-11-14-26-28(2,3)27(31)16-18-30(26,5)25(22)15-17-29(23,24)4/h6-10,14,20,22-25,27,31H,11-13,15-19H2,1-5H3/t20-,22+,23-,24+,25+,27+,29-,30-,33?/m1/s1. The van der Waals surface area contributed by atoms with Gasteiger partial charge in [0.2, 0.25) is 0 Å². The van der Waals surface area contributed by atoms with E-state index in [-0.39, 0.29) is 16.9 Å². The summed E-state index contributed by atoms with van der Waals surface area (Å²) in [5.74, 6) is 4.29. The number of allylic oxidation sites excluding steroid dienone is 1. The lowest BCUT2D eigenvalue weighted by molar-refractivity contribution is -0.0770. The normalized spacial score (nSPS) is 43.6. The Labute approximate surface area is 204 Å². The number of hydrogen-bond donors (Lipinski definition) is 1. The molecular weight excluding hydrogens is 424 g/mol. The van der Waals surface area contributed by atoms with Crippen molar-refractivity contribution in [1.82, 2.24) is 0 Å². The number of rotatable bonds is 4. The van der Waals surface area contributed by atoms with Crippen molar-refractivity contribution in [2.24, 2.45) is 45.8 Å². The minimum Gasteiger partial charge on any atom is -0.611 e. The van der Waals surface area contributed by atoms with Gasteiger partial charge in [-0.25, -0.2) is 0 Å². The fourth-order valence-electron chi connectivity index (χ4n) is 9.39. The molecule has 2 nitrogen and oxygen atoms in total. The molecule has 3 fully saturated rings. The molecule has 4 aliphatic carbocycles. The maximum Gasteiger partial charge on any atom is 0.152 e. The predicted molar refractivity (Wildman–Crippen MR) is 137 cm³/mol. The summed E-state index contributed by atoms with van der Waals surface area (Å²) in [5.41, 5.74) is 2.10. The van der Waals surface area contributed by atoms with Crippen LogP contribution in [0.15, 0.2) is 46.9 Å². The highest BCUT2D eigenvalue weighted by molar-refractivity contribution is 7.91. The topological polar surface area (TPSA) is 43.3 Å². The van der Waals surface area contributed by atoms with E-state index in [1.807, 2.05) is 30.3 Å². The molecule has 1 N–H and O–H groups in total. The van der Waals surface area contributed by atoms with E-state index in [2.05, 4.69) is 40.7 Å². The van der Waals surface area contributed by atoms with Crippen molar-refractivity contribution in [1.29, 1.82) is 0 Å². The van der Waals surface area contributed by atoms with Crippen molar-refractivity contribution in [2.45, 2.75) is 90.6 Å². The Kier molecular flexibility index (Phi) is 6.11. The number of aliphatic hydroxyl groups is 1. The van der Waals surface area contributed by atoms with Crippen LogP contribution < -0.4 is 0 Å². The van der Waals surface area contributed by atoms with E-state index in [1.54, 1.807) is 5.57 Å². The third kappa shape index (κ3) is 3.67. The molecule has 0 amide bonds. The zero-order valence-corrected chi connectivity index (χ0v) is 22.2. The molecular formula is C30H44O2S. The third-order valence-corrected chi connectivity index (χ3v) is 12.7. The Morgan fingerprint density at radius 2 is 1.73 bits per heavy atom. The molecule has 0 heterocycles. The van der Waals surface area contributed by atoms with Gasteiger partial charge in [0.1, 0.15) is 5.75 Å². The minimum atomic E-state index is -0.906. The van der Waals surface area contributed by atoms with Gasteiger partial charge in [0.05, 0.1) is 6.10 Å². The van der Waals surface area contributed by atoms with Crippen LogP contribution in [-0.2, 0) is 11.2 Å². The van der Waals surface area contributed by atoms with Crippen LogP contribution in [-0.4, -0.2) is 21.5 Å². The van der Waals surface area contributed by atoms with Crippen LogP contribution in [0.1, 0.15) is 79.6 Å². The van der Waals surface area contributed by atoms with Gasteiger partial charge in [-0.1, -0.05) is 64.5 Å². The molecule has 9 atom stereocenters. The van der Waals surface area contributed by atoms with Crippen LogP contribution in [0.2, 0.25) is 0 Å². The first-order chi connectivity index (χ1) is 15.6. The van der Waals surface area contributed by atoms with Crippen molar-refractivity contribution in [3.63, 3.8) is 0 Å². The van der Waals surface area contributed by atoms with Crippen molar-refractivity contribution < 1.29 is 9.66 Å². The molecule has 182 valence electrons. The second-order valence-corrected chi connectivity index (χ2v) is 14.5. The highest BCUT2D eigenvalue weighted by Crippen LogP contribution is 2.68. The molecule has 5 rings (SSSR count). The molecule has 0 saturated heterocycles. The van der Waals surface area contributed by atoms with E-state index in [4.69, 9.17) is 0 Å². The molecule has 1 aromatic carbocycles. The van der Waals surface area contributed by atoms with E-state index in [0.29, 0.717) is 17.3 Å². The Morgan fingerprint density at radius 1 is 1.00 bits per heavy atom. The molecule has 3 saturated carbocycles. The summed E-state index contributed by atoms with van der Waals surface area (Å²) in [7, 11) is 0. The van der Waals surface area contributed by atoms with Gasteiger partial charge in [-0.05, 0) is 103 Å².